The summed E-state index contributed by atoms with van der Waals surface area (Å²) in [5.74, 6) is -3.58. The molecular formula is C9H12CaO4. The third-order valence-electron chi connectivity index (χ3n) is 2.31. The molecule has 3 unspecified atom stereocenters. The summed E-state index contributed by atoms with van der Waals surface area (Å²) in [6.45, 7) is 1.88. The Morgan fingerprint density at radius 2 is 1.79 bits per heavy atom. The number of hydrogen-bond acceptors (Lipinski definition) is 2. The Morgan fingerprint density at radius 1 is 1.21 bits per heavy atom. The van der Waals surface area contributed by atoms with Crippen molar-refractivity contribution in [2.24, 2.45) is 17.8 Å². The Hall–Kier alpha value is -0.0603. The fraction of sp³-hybridized carbons (Fsp3) is 0.556. The molecular weight excluding hydrogens is 212 g/mol. The van der Waals surface area contributed by atoms with Gasteiger partial charge < -0.3 is 10.2 Å². The summed E-state index contributed by atoms with van der Waals surface area (Å²) in [6, 6.07) is 0. The Kier molecular flexibility index (Phi) is 5.71. The van der Waals surface area contributed by atoms with Gasteiger partial charge in [-0.1, -0.05) is 19.1 Å². The first-order valence-corrected chi connectivity index (χ1v) is 4.16. The molecule has 0 aromatic heterocycles. The van der Waals surface area contributed by atoms with E-state index in [1.54, 1.807) is 6.08 Å². The van der Waals surface area contributed by atoms with Gasteiger partial charge in [0.15, 0.2) is 0 Å². The van der Waals surface area contributed by atoms with Gasteiger partial charge in [-0.05, 0) is 12.3 Å². The molecule has 5 heteroatoms. The molecule has 0 spiro atoms. The van der Waals surface area contributed by atoms with Crippen LogP contribution in [0.5, 0.6) is 0 Å². The summed E-state index contributed by atoms with van der Waals surface area (Å²) in [5.41, 5.74) is 0. The number of allylic oxidation sites excluding steroid dienone is 1. The molecule has 3 atom stereocenters. The second-order valence-electron chi connectivity index (χ2n) is 3.41. The van der Waals surface area contributed by atoms with Gasteiger partial charge in [0, 0.05) is 37.7 Å². The molecule has 0 heterocycles. The van der Waals surface area contributed by atoms with E-state index in [9.17, 15) is 9.59 Å². The summed E-state index contributed by atoms with van der Waals surface area (Å²) in [4.78, 5) is 21.4. The number of carboxylic acid groups (broad SMARTS) is 2. The van der Waals surface area contributed by atoms with Crippen LogP contribution in [0.15, 0.2) is 12.2 Å². The molecule has 2 N–H and O–H groups in total. The van der Waals surface area contributed by atoms with Crippen LogP contribution in [0.4, 0.5) is 0 Å². The minimum Gasteiger partial charge on any atom is -0.481 e. The van der Waals surface area contributed by atoms with Crippen molar-refractivity contribution >= 4 is 49.7 Å². The molecule has 0 aromatic rings. The van der Waals surface area contributed by atoms with Gasteiger partial charge in [0.25, 0.3) is 0 Å². The Bertz CT molecular complexity index is 262. The Labute approximate surface area is 112 Å². The first-order chi connectivity index (χ1) is 6.02. The molecule has 2 radical (unpaired) electrons. The van der Waals surface area contributed by atoms with Crippen molar-refractivity contribution in [1.82, 2.24) is 0 Å². The molecule has 0 saturated carbocycles. The molecule has 0 amide bonds. The first kappa shape index (κ1) is 13.9. The van der Waals surface area contributed by atoms with E-state index in [1.165, 1.54) is 6.08 Å². The zero-order valence-electron chi connectivity index (χ0n) is 8.01. The van der Waals surface area contributed by atoms with Crippen LogP contribution in [0.3, 0.4) is 0 Å². The summed E-state index contributed by atoms with van der Waals surface area (Å²) < 4.78 is 0. The van der Waals surface area contributed by atoms with Gasteiger partial charge >= 0.3 is 11.9 Å². The van der Waals surface area contributed by atoms with Gasteiger partial charge in [0.2, 0.25) is 0 Å². The predicted molar refractivity (Wildman–Crippen MR) is 50.9 cm³/mol. The molecule has 4 nitrogen and oxygen atoms in total. The molecule has 1 rings (SSSR count). The van der Waals surface area contributed by atoms with Gasteiger partial charge in [-0.15, -0.1) is 0 Å². The third kappa shape index (κ3) is 3.26. The average Bonchev–Trinajstić information content (AvgIpc) is 2.03. The van der Waals surface area contributed by atoms with Gasteiger partial charge in [-0.2, -0.15) is 0 Å². The first-order valence-electron chi connectivity index (χ1n) is 4.16. The van der Waals surface area contributed by atoms with Crippen LogP contribution in [0, 0.1) is 17.8 Å². The SMILES string of the molecule is CC1C=CC(C(=O)O)C(C(=O)O)C1.[Ca]. The van der Waals surface area contributed by atoms with E-state index in [-0.39, 0.29) is 43.7 Å². The molecule has 1 aliphatic carbocycles. The van der Waals surface area contributed by atoms with Crippen LogP contribution in [-0.2, 0) is 9.59 Å². The third-order valence-corrected chi connectivity index (χ3v) is 2.31. The smallest absolute Gasteiger partial charge is 0.311 e. The van der Waals surface area contributed by atoms with Crippen molar-refractivity contribution in [3.8, 4) is 0 Å². The maximum Gasteiger partial charge on any atom is 0.311 e. The van der Waals surface area contributed by atoms with Crippen LogP contribution >= 0.6 is 0 Å². The molecule has 14 heavy (non-hydrogen) atoms. The molecule has 0 fully saturated rings. The van der Waals surface area contributed by atoms with Crippen LogP contribution in [-0.4, -0.2) is 59.9 Å². The van der Waals surface area contributed by atoms with E-state index in [4.69, 9.17) is 10.2 Å². The van der Waals surface area contributed by atoms with E-state index >= 15 is 0 Å². The van der Waals surface area contributed by atoms with E-state index in [1.807, 2.05) is 6.92 Å². The average molecular weight is 224 g/mol. The van der Waals surface area contributed by atoms with Crippen LogP contribution in [0.1, 0.15) is 13.3 Å². The van der Waals surface area contributed by atoms with Crippen molar-refractivity contribution in [1.29, 1.82) is 0 Å². The van der Waals surface area contributed by atoms with Crippen molar-refractivity contribution < 1.29 is 19.8 Å². The van der Waals surface area contributed by atoms with Gasteiger partial charge in [0.1, 0.15) is 0 Å². The maximum atomic E-state index is 10.7. The van der Waals surface area contributed by atoms with Crippen molar-refractivity contribution in [2.75, 3.05) is 0 Å². The Balaban J connectivity index is 0.00000169. The second-order valence-corrected chi connectivity index (χ2v) is 3.41. The minimum absolute atomic E-state index is 0. The molecule has 74 valence electrons. The van der Waals surface area contributed by atoms with Gasteiger partial charge in [-0.25, -0.2) is 0 Å². The van der Waals surface area contributed by atoms with Crippen molar-refractivity contribution in [3.63, 3.8) is 0 Å². The minimum atomic E-state index is -1.06. The van der Waals surface area contributed by atoms with Crippen molar-refractivity contribution in [2.45, 2.75) is 13.3 Å². The largest absolute Gasteiger partial charge is 0.481 e. The summed E-state index contributed by atoms with van der Waals surface area (Å²) >= 11 is 0. The van der Waals surface area contributed by atoms with Crippen molar-refractivity contribution in [3.05, 3.63) is 12.2 Å². The molecule has 0 aliphatic heterocycles. The second kappa shape index (κ2) is 5.73. The fourth-order valence-electron chi connectivity index (χ4n) is 1.58. The topological polar surface area (TPSA) is 74.6 Å². The summed E-state index contributed by atoms with van der Waals surface area (Å²) in [5, 5.41) is 17.5. The van der Waals surface area contributed by atoms with Crippen LogP contribution in [0.2, 0.25) is 0 Å². The monoisotopic (exact) mass is 224 g/mol. The van der Waals surface area contributed by atoms with Crippen LogP contribution in [0.25, 0.3) is 0 Å². The van der Waals surface area contributed by atoms with E-state index < -0.39 is 23.8 Å². The summed E-state index contributed by atoms with van der Waals surface area (Å²) in [6.07, 6.45) is 3.65. The predicted octanol–water partition coefficient (Wildman–Crippen LogP) is 0.603. The normalized spacial score (nSPS) is 30.5. The standard InChI is InChI=1S/C9H12O4.Ca/c1-5-2-3-6(8(10)11)7(4-5)9(12)13;/h2-3,5-7H,4H2,1H3,(H,10,11)(H,12,13);. The van der Waals surface area contributed by atoms with E-state index in [2.05, 4.69) is 0 Å². The zero-order valence-corrected chi connectivity index (χ0v) is 10.2. The summed E-state index contributed by atoms with van der Waals surface area (Å²) in [7, 11) is 0. The molecule has 0 aromatic carbocycles. The fourth-order valence-corrected chi connectivity index (χ4v) is 1.58. The zero-order chi connectivity index (χ0) is 10.0. The van der Waals surface area contributed by atoms with Gasteiger partial charge in [-0.3, -0.25) is 9.59 Å². The molecule has 1 aliphatic rings. The number of hydrogen-bond donors (Lipinski definition) is 2. The van der Waals surface area contributed by atoms with Gasteiger partial charge in [0.05, 0.1) is 11.8 Å². The van der Waals surface area contributed by atoms with E-state index in [0.717, 1.165) is 0 Å². The van der Waals surface area contributed by atoms with Crippen LogP contribution < -0.4 is 0 Å². The molecule has 0 bridgehead atoms. The maximum absolute atomic E-state index is 10.7. The number of rotatable bonds is 2. The number of carbonyl (C=O) groups is 2. The number of carboxylic acids is 2. The quantitative estimate of drug-likeness (QED) is 0.532. The molecule has 0 saturated heterocycles. The number of aliphatic carboxylic acids is 2. The Morgan fingerprint density at radius 3 is 2.21 bits per heavy atom. The van der Waals surface area contributed by atoms with E-state index in [0.29, 0.717) is 6.42 Å².